The molecule has 1 atom stereocenters. The predicted molar refractivity (Wildman–Crippen MR) is 108 cm³/mol. The summed E-state index contributed by atoms with van der Waals surface area (Å²) in [7, 11) is 0. The fourth-order valence-electron chi connectivity index (χ4n) is 2.19. The maximum Gasteiger partial charge on any atom is 0.230 e. The van der Waals surface area contributed by atoms with Crippen molar-refractivity contribution in [3.05, 3.63) is 35.7 Å². The summed E-state index contributed by atoms with van der Waals surface area (Å²) in [5, 5.41) is 11.5. The average Bonchev–Trinajstić information content (AvgIpc) is 2.98. The highest BCUT2D eigenvalue weighted by atomic mass is 32.2. The summed E-state index contributed by atoms with van der Waals surface area (Å²) in [5.74, 6) is 8.33. The Labute approximate surface area is 165 Å². The molecule has 148 valence electrons. The molecule has 0 spiro atoms. The second-order valence-corrected chi connectivity index (χ2v) is 8.11. The number of rotatable bonds is 9. The lowest BCUT2D eigenvalue weighted by Crippen LogP contribution is -2.37. The number of nitrogens with one attached hydrogen (secondary N) is 1. The van der Waals surface area contributed by atoms with Gasteiger partial charge >= 0.3 is 0 Å². The molecule has 1 aromatic heterocycles. The third-order valence-electron chi connectivity index (χ3n) is 4.37. The Morgan fingerprint density at radius 2 is 1.85 bits per heavy atom. The van der Waals surface area contributed by atoms with Crippen LogP contribution in [0, 0.1) is 5.92 Å². The zero-order valence-corrected chi connectivity index (χ0v) is 17.4. The minimum Gasteiger partial charge on any atom is -0.486 e. The smallest absolute Gasteiger partial charge is 0.230 e. The van der Waals surface area contributed by atoms with E-state index in [9.17, 15) is 4.79 Å². The number of nitrogen functional groups attached to an aromatic ring is 1. The topological polar surface area (TPSA) is 95.1 Å². The molecule has 27 heavy (non-hydrogen) atoms. The number of carbonyl (C=O) groups is 1. The number of ether oxygens (including phenoxy) is 1. The van der Waals surface area contributed by atoms with Crippen molar-refractivity contribution in [2.45, 2.75) is 58.3 Å². The van der Waals surface area contributed by atoms with Crippen LogP contribution in [0.15, 0.2) is 29.4 Å². The summed E-state index contributed by atoms with van der Waals surface area (Å²) in [5.41, 5.74) is 1.26. The van der Waals surface area contributed by atoms with Gasteiger partial charge in [0.1, 0.15) is 12.4 Å². The van der Waals surface area contributed by atoms with Crippen LogP contribution in [0.1, 0.15) is 51.9 Å². The van der Waals surface area contributed by atoms with Crippen molar-refractivity contribution in [3.8, 4) is 5.75 Å². The quantitative estimate of drug-likeness (QED) is 0.504. The van der Waals surface area contributed by atoms with Crippen LogP contribution in [-0.2, 0) is 11.4 Å². The van der Waals surface area contributed by atoms with Crippen molar-refractivity contribution in [2.75, 3.05) is 11.6 Å². The van der Waals surface area contributed by atoms with Crippen LogP contribution in [-0.4, -0.2) is 32.6 Å². The summed E-state index contributed by atoms with van der Waals surface area (Å²) in [6.07, 6.45) is 0. The van der Waals surface area contributed by atoms with Gasteiger partial charge in [-0.25, -0.2) is 4.68 Å². The highest BCUT2D eigenvalue weighted by Crippen LogP contribution is 2.20. The fourth-order valence-corrected chi connectivity index (χ4v) is 2.88. The molecule has 0 saturated carbocycles. The summed E-state index contributed by atoms with van der Waals surface area (Å²) < 4.78 is 7.10. The number of nitrogens with zero attached hydrogens (tertiary/aromatic N) is 3. The van der Waals surface area contributed by atoms with Crippen LogP contribution in [0.25, 0.3) is 0 Å². The van der Waals surface area contributed by atoms with Gasteiger partial charge in [-0.05, 0) is 36.5 Å². The van der Waals surface area contributed by atoms with Gasteiger partial charge in [-0.15, -0.1) is 10.2 Å². The largest absolute Gasteiger partial charge is 0.486 e. The van der Waals surface area contributed by atoms with Gasteiger partial charge in [0.25, 0.3) is 0 Å². The second kappa shape index (κ2) is 9.64. The molecule has 7 nitrogen and oxygen atoms in total. The van der Waals surface area contributed by atoms with E-state index in [1.807, 2.05) is 31.2 Å². The van der Waals surface area contributed by atoms with Gasteiger partial charge in [0.15, 0.2) is 5.82 Å². The van der Waals surface area contributed by atoms with Crippen LogP contribution in [0.5, 0.6) is 5.75 Å². The van der Waals surface area contributed by atoms with Gasteiger partial charge in [0.05, 0.1) is 5.75 Å². The minimum absolute atomic E-state index is 0.0488. The Balaban J connectivity index is 1.86. The number of thioether (sulfide) groups is 1. The van der Waals surface area contributed by atoms with Crippen LogP contribution in [0.2, 0.25) is 0 Å². The van der Waals surface area contributed by atoms with Crippen molar-refractivity contribution in [3.63, 3.8) is 0 Å². The summed E-state index contributed by atoms with van der Waals surface area (Å²) in [6, 6.07) is 8.08. The van der Waals surface area contributed by atoms with Crippen molar-refractivity contribution >= 4 is 17.7 Å². The molecule has 0 aliphatic rings. The third-order valence-corrected chi connectivity index (χ3v) is 5.31. The summed E-state index contributed by atoms with van der Waals surface area (Å²) in [4.78, 5) is 12.0. The molecule has 0 radical (unpaired) electrons. The van der Waals surface area contributed by atoms with Crippen molar-refractivity contribution < 1.29 is 9.53 Å². The predicted octanol–water partition coefficient (Wildman–Crippen LogP) is 2.95. The number of amides is 1. The SMILES string of the molecule is CC(C)c1ccc(OCc2nnc(SCC(=O)NC(C)C(C)C)n2N)cc1. The van der Waals surface area contributed by atoms with Gasteiger partial charge in [0.2, 0.25) is 11.1 Å². The molecule has 2 aromatic rings. The van der Waals surface area contributed by atoms with Crippen LogP contribution < -0.4 is 15.9 Å². The van der Waals surface area contributed by atoms with Gasteiger partial charge < -0.3 is 15.9 Å². The first-order valence-corrected chi connectivity index (χ1v) is 10.1. The molecule has 1 heterocycles. The van der Waals surface area contributed by atoms with E-state index in [4.69, 9.17) is 10.6 Å². The minimum atomic E-state index is -0.0488. The number of benzene rings is 1. The molecular weight excluding hydrogens is 362 g/mol. The van der Waals surface area contributed by atoms with E-state index in [0.29, 0.717) is 22.8 Å². The van der Waals surface area contributed by atoms with E-state index in [2.05, 4.69) is 43.2 Å². The first-order valence-electron chi connectivity index (χ1n) is 9.12. The Morgan fingerprint density at radius 3 is 2.44 bits per heavy atom. The van der Waals surface area contributed by atoms with Crippen LogP contribution in [0.3, 0.4) is 0 Å². The van der Waals surface area contributed by atoms with Crippen LogP contribution in [0.4, 0.5) is 0 Å². The van der Waals surface area contributed by atoms with Gasteiger partial charge in [-0.3, -0.25) is 4.79 Å². The molecule has 3 N–H and O–H groups in total. The molecular formula is C19H29N5O2S. The molecule has 0 fully saturated rings. The number of hydrogen-bond donors (Lipinski definition) is 2. The van der Waals surface area contributed by atoms with Crippen molar-refractivity contribution in [1.29, 1.82) is 0 Å². The Morgan fingerprint density at radius 1 is 1.19 bits per heavy atom. The highest BCUT2D eigenvalue weighted by Gasteiger charge is 2.15. The van der Waals surface area contributed by atoms with E-state index in [1.54, 1.807) is 0 Å². The highest BCUT2D eigenvalue weighted by molar-refractivity contribution is 7.99. The van der Waals surface area contributed by atoms with Crippen molar-refractivity contribution in [1.82, 2.24) is 20.2 Å². The first-order chi connectivity index (χ1) is 12.8. The van der Waals surface area contributed by atoms with E-state index in [0.717, 1.165) is 5.75 Å². The maximum absolute atomic E-state index is 12.0. The van der Waals surface area contributed by atoms with Crippen molar-refractivity contribution in [2.24, 2.45) is 5.92 Å². The number of aromatic nitrogens is 3. The zero-order chi connectivity index (χ0) is 20.0. The molecule has 1 amide bonds. The normalized spacial score (nSPS) is 12.4. The first kappa shape index (κ1) is 21.1. The van der Waals surface area contributed by atoms with E-state index in [-0.39, 0.29) is 24.3 Å². The molecule has 2 rings (SSSR count). The molecule has 0 saturated heterocycles. The van der Waals surface area contributed by atoms with Gasteiger partial charge in [-0.1, -0.05) is 51.6 Å². The van der Waals surface area contributed by atoms with E-state index >= 15 is 0 Å². The molecule has 1 aromatic carbocycles. The summed E-state index contributed by atoms with van der Waals surface area (Å²) in [6.45, 7) is 10.6. The fraction of sp³-hybridized carbons (Fsp3) is 0.526. The Hall–Kier alpha value is -2.22. The lowest BCUT2D eigenvalue weighted by atomic mass is 10.0. The monoisotopic (exact) mass is 391 g/mol. The Bertz CT molecular complexity index is 743. The van der Waals surface area contributed by atoms with E-state index in [1.165, 1.54) is 22.0 Å². The molecule has 1 unspecified atom stereocenters. The zero-order valence-electron chi connectivity index (χ0n) is 16.6. The molecule has 8 heteroatoms. The summed E-state index contributed by atoms with van der Waals surface area (Å²) >= 11 is 1.25. The third kappa shape index (κ3) is 6.16. The number of carbonyl (C=O) groups excluding carboxylic acids is 1. The second-order valence-electron chi connectivity index (χ2n) is 7.17. The molecule has 0 aliphatic carbocycles. The number of nitrogens with two attached hydrogens (primary N) is 1. The standard InChI is InChI=1S/C19H29N5O2S/c1-12(2)14(5)21-18(25)11-27-19-23-22-17(24(19)20)10-26-16-8-6-15(7-9-16)13(3)4/h6-9,12-14H,10-11,20H2,1-5H3,(H,21,25). The average molecular weight is 392 g/mol. The van der Waals surface area contributed by atoms with Crippen LogP contribution >= 0.6 is 11.8 Å². The molecule has 0 aliphatic heterocycles. The van der Waals surface area contributed by atoms with Gasteiger partial charge in [0, 0.05) is 6.04 Å². The van der Waals surface area contributed by atoms with E-state index < -0.39 is 0 Å². The lowest BCUT2D eigenvalue weighted by molar-refractivity contribution is -0.119. The Kier molecular flexibility index (Phi) is 7.53. The lowest BCUT2D eigenvalue weighted by Gasteiger charge is -2.17. The van der Waals surface area contributed by atoms with Gasteiger partial charge in [-0.2, -0.15) is 0 Å². The number of hydrogen-bond acceptors (Lipinski definition) is 6. The maximum atomic E-state index is 12.0. The molecule has 0 bridgehead atoms.